The zero-order valence-electron chi connectivity index (χ0n) is 22.8. The SMILES string of the molecule is O=C(Nc1c2c(cc3c1CCC3)CCC2)C1Cc2ccccc2CN1S(=O)(=O)c1ccc(N2CCNCC2)cc1. The number of anilines is 2. The highest BCUT2D eigenvalue weighted by Gasteiger charge is 2.40. The first-order chi connectivity index (χ1) is 19.5. The van der Waals surface area contributed by atoms with Crippen molar-refractivity contribution < 1.29 is 13.2 Å². The maximum absolute atomic E-state index is 14.1. The Morgan fingerprint density at radius 1 is 0.825 bits per heavy atom. The number of benzene rings is 3. The minimum absolute atomic E-state index is 0.182. The smallest absolute Gasteiger partial charge is 0.244 e. The highest BCUT2D eigenvalue weighted by molar-refractivity contribution is 7.89. The number of sulfonamides is 1. The lowest BCUT2D eigenvalue weighted by atomic mass is 9.94. The van der Waals surface area contributed by atoms with Crippen LogP contribution in [0.15, 0.2) is 59.5 Å². The van der Waals surface area contributed by atoms with E-state index in [1.54, 1.807) is 12.1 Å². The summed E-state index contributed by atoms with van der Waals surface area (Å²) in [7, 11) is -3.92. The lowest BCUT2D eigenvalue weighted by molar-refractivity contribution is -0.120. The number of nitrogens with zero attached hydrogens (tertiary/aromatic N) is 2. The second-order valence-electron chi connectivity index (χ2n) is 11.5. The molecule has 0 spiro atoms. The van der Waals surface area contributed by atoms with Gasteiger partial charge < -0.3 is 15.5 Å². The van der Waals surface area contributed by atoms with Gasteiger partial charge in [-0.25, -0.2) is 8.42 Å². The van der Waals surface area contributed by atoms with Crippen molar-refractivity contribution >= 4 is 27.3 Å². The molecule has 7 rings (SSSR count). The first-order valence-electron chi connectivity index (χ1n) is 14.6. The van der Waals surface area contributed by atoms with E-state index in [1.165, 1.54) is 26.6 Å². The van der Waals surface area contributed by atoms with E-state index < -0.39 is 16.1 Å². The summed E-state index contributed by atoms with van der Waals surface area (Å²) in [6.45, 7) is 3.80. The maximum Gasteiger partial charge on any atom is 0.244 e. The van der Waals surface area contributed by atoms with Crippen LogP contribution in [0.1, 0.15) is 46.2 Å². The molecule has 2 N–H and O–H groups in total. The predicted molar refractivity (Wildman–Crippen MR) is 157 cm³/mol. The number of hydrogen-bond acceptors (Lipinski definition) is 5. The van der Waals surface area contributed by atoms with Crippen molar-refractivity contribution in [1.29, 1.82) is 0 Å². The van der Waals surface area contributed by atoms with E-state index in [9.17, 15) is 13.2 Å². The van der Waals surface area contributed by atoms with Gasteiger partial charge in [-0.2, -0.15) is 4.31 Å². The molecule has 2 heterocycles. The molecule has 0 saturated carbocycles. The van der Waals surface area contributed by atoms with Crippen LogP contribution in [-0.2, 0) is 53.5 Å². The van der Waals surface area contributed by atoms with Crippen LogP contribution in [0.4, 0.5) is 11.4 Å². The van der Waals surface area contributed by atoms with Crippen LogP contribution in [0.2, 0.25) is 0 Å². The quantitative estimate of drug-likeness (QED) is 0.499. The van der Waals surface area contributed by atoms with Gasteiger partial charge in [-0.15, -0.1) is 0 Å². The van der Waals surface area contributed by atoms with Crippen LogP contribution >= 0.6 is 0 Å². The average Bonchev–Trinajstić information content (AvgIpc) is 3.66. The first kappa shape index (κ1) is 25.7. The van der Waals surface area contributed by atoms with Gasteiger partial charge in [0, 0.05) is 44.1 Å². The number of piperazine rings is 1. The standard InChI is InChI=1S/C32H36N4O3S/c37-32(34-31-28-9-3-7-23(28)19-24-8-4-10-29(24)31)30-20-22-5-1-2-6-25(22)21-36(30)40(38,39)27-13-11-26(12-14-27)35-17-15-33-16-18-35/h1-2,5-6,11-14,19,30,33H,3-4,7-10,15-18,20-21H2,(H,34,37). The van der Waals surface area contributed by atoms with Gasteiger partial charge in [0.1, 0.15) is 6.04 Å². The molecule has 4 aliphatic rings. The average molecular weight is 557 g/mol. The Labute approximate surface area is 236 Å². The molecule has 1 unspecified atom stereocenters. The fraction of sp³-hybridized carbons (Fsp3) is 0.406. The highest BCUT2D eigenvalue weighted by atomic mass is 32.2. The molecule has 1 fully saturated rings. The molecule has 40 heavy (non-hydrogen) atoms. The third kappa shape index (κ3) is 4.52. The second kappa shape index (κ2) is 10.3. The van der Waals surface area contributed by atoms with Gasteiger partial charge in [0.05, 0.1) is 4.90 Å². The fourth-order valence-electron chi connectivity index (χ4n) is 7.04. The Morgan fingerprint density at radius 3 is 2.15 bits per heavy atom. The van der Waals surface area contributed by atoms with E-state index in [2.05, 4.69) is 21.6 Å². The molecule has 0 bridgehead atoms. The van der Waals surface area contributed by atoms with Crippen LogP contribution in [0.25, 0.3) is 0 Å². The molecule has 3 aromatic rings. The molecule has 0 aromatic heterocycles. The van der Waals surface area contributed by atoms with Crippen molar-refractivity contribution in [3.8, 4) is 0 Å². The summed E-state index contributed by atoms with van der Waals surface area (Å²) < 4.78 is 29.7. The Hall–Kier alpha value is -3.20. The molecule has 8 heteroatoms. The number of amides is 1. The Bertz CT molecular complexity index is 1530. The number of carbonyl (C=O) groups is 1. The van der Waals surface area contributed by atoms with Crippen LogP contribution in [0.3, 0.4) is 0 Å². The largest absolute Gasteiger partial charge is 0.369 e. The molecule has 1 atom stereocenters. The van der Waals surface area contributed by atoms with Crippen LogP contribution in [0, 0.1) is 0 Å². The van der Waals surface area contributed by atoms with Crippen molar-refractivity contribution in [3.05, 3.63) is 88.0 Å². The van der Waals surface area contributed by atoms with Gasteiger partial charge in [0.25, 0.3) is 0 Å². The molecule has 7 nitrogen and oxygen atoms in total. The molecule has 3 aromatic carbocycles. The van der Waals surface area contributed by atoms with Gasteiger partial charge >= 0.3 is 0 Å². The lowest BCUT2D eigenvalue weighted by Crippen LogP contribution is -2.50. The summed E-state index contributed by atoms with van der Waals surface area (Å²) in [5.41, 5.74) is 9.17. The van der Waals surface area contributed by atoms with E-state index in [-0.39, 0.29) is 17.3 Å². The molecule has 2 aliphatic heterocycles. The monoisotopic (exact) mass is 556 g/mol. The third-order valence-electron chi connectivity index (χ3n) is 9.15. The molecular formula is C32H36N4O3S. The number of carbonyl (C=O) groups excluding carboxylic acids is 1. The second-order valence-corrected chi connectivity index (χ2v) is 13.4. The van der Waals surface area contributed by atoms with Gasteiger partial charge in [0.2, 0.25) is 15.9 Å². The van der Waals surface area contributed by atoms with Crippen LogP contribution < -0.4 is 15.5 Å². The summed E-state index contributed by atoms with van der Waals surface area (Å²) in [5, 5.41) is 6.64. The van der Waals surface area contributed by atoms with Gasteiger partial charge in [-0.1, -0.05) is 30.3 Å². The van der Waals surface area contributed by atoms with Crippen molar-refractivity contribution in [2.24, 2.45) is 0 Å². The van der Waals surface area contributed by atoms with E-state index in [0.29, 0.717) is 6.42 Å². The summed E-state index contributed by atoms with van der Waals surface area (Å²) >= 11 is 0. The Kier molecular flexibility index (Phi) is 6.65. The Balaban J connectivity index is 1.22. The Morgan fingerprint density at radius 2 is 1.48 bits per heavy atom. The zero-order chi connectivity index (χ0) is 27.3. The van der Waals surface area contributed by atoms with Crippen molar-refractivity contribution in [2.75, 3.05) is 36.4 Å². The van der Waals surface area contributed by atoms with Crippen molar-refractivity contribution in [1.82, 2.24) is 9.62 Å². The third-order valence-corrected chi connectivity index (χ3v) is 11.0. The first-order valence-corrected chi connectivity index (χ1v) is 16.0. The van der Waals surface area contributed by atoms with E-state index in [1.807, 2.05) is 36.4 Å². The molecule has 1 saturated heterocycles. The normalized spacial score (nSPS) is 20.6. The summed E-state index contributed by atoms with van der Waals surface area (Å²) in [6, 6.07) is 16.6. The number of fused-ring (bicyclic) bond motifs is 3. The van der Waals surface area contributed by atoms with Crippen molar-refractivity contribution in [3.63, 3.8) is 0 Å². The lowest BCUT2D eigenvalue weighted by Gasteiger charge is -2.35. The maximum atomic E-state index is 14.1. The number of rotatable bonds is 5. The summed E-state index contributed by atoms with van der Waals surface area (Å²) in [4.78, 5) is 16.6. The van der Waals surface area contributed by atoms with Gasteiger partial charge in [-0.3, -0.25) is 4.79 Å². The van der Waals surface area contributed by atoms with E-state index in [4.69, 9.17) is 0 Å². The van der Waals surface area contributed by atoms with Gasteiger partial charge in [-0.05, 0) is 103 Å². The van der Waals surface area contributed by atoms with Crippen molar-refractivity contribution in [2.45, 2.75) is 62.4 Å². The van der Waals surface area contributed by atoms with Crippen LogP contribution in [-0.4, -0.2) is 50.9 Å². The van der Waals surface area contributed by atoms with E-state index in [0.717, 1.165) is 87.2 Å². The minimum Gasteiger partial charge on any atom is -0.369 e. The predicted octanol–water partition coefficient (Wildman–Crippen LogP) is 3.83. The summed E-state index contributed by atoms with van der Waals surface area (Å²) in [6.07, 6.45) is 6.59. The molecule has 1 amide bonds. The van der Waals surface area contributed by atoms with Gasteiger partial charge in [0.15, 0.2) is 0 Å². The zero-order valence-corrected chi connectivity index (χ0v) is 23.6. The topological polar surface area (TPSA) is 81.8 Å². The minimum atomic E-state index is -3.92. The number of hydrogen-bond donors (Lipinski definition) is 2. The number of nitrogens with one attached hydrogen (secondary N) is 2. The molecule has 2 aliphatic carbocycles. The molecule has 208 valence electrons. The fourth-order valence-corrected chi connectivity index (χ4v) is 8.60. The highest BCUT2D eigenvalue weighted by Crippen LogP contribution is 2.39. The number of aryl methyl sites for hydroxylation is 2. The summed E-state index contributed by atoms with van der Waals surface area (Å²) in [5.74, 6) is -0.232. The van der Waals surface area contributed by atoms with Crippen LogP contribution in [0.5, 0.6) is 0 Å². The van der Waals surface area contributed by atoms with E-state index >= 15 is 0 Å². The molecular weight excluding hydrogens is 520 g/mol. The molecule has 0 radical (unpaired) electrons.